The zero-order chi connectivity index (χ0) is 26.4. The molecule has 2 N–H and O–H groups in total. The first-order valence-corrected chi connectivity index (χ1v) is 10.9. The lowest BCUT2D eigenvalue weighted by molar-refractivity contribution is -0.226. The molecule has 1 unspecified atom stereocenters. The number of pyridine rings is 1. The van der Waals surface area contributed by atoms with Gasteiger partial charge < -0.3 is 10.6 Å². The van der Waals surface area contributed by atoms with Crippen LogP contribution in [-0.2, 0) is 21.5 Å². The van der Waals surface area contributed by atoms with Crippen LogP contribution < -0.4 is 10.6 Å². The summed E-state index contributed by atoms with van der Waals surface area (Å²) < 4.78 is 68.3. The predicted molar refractivity (Wildman–Crippen MR) is 117 cm³/mol. The van der Waals surface area contributed by atoms with Crippen molar-refractivity contribution in [3.05, 3.63) is 23.6 Å². The summed E-state index contributed by atoms with van der Waals surface area (Å²) in [7, 11) is 0. The highest BCUT2D eigenvalue weighted by Crippen LogP contribution is 2.54. The molecule has 3 aromatic heterocycles. The average Bonchev–Trinajstić information content (AvgIpc) is 3.25. The van der Waals surface area contributed by atoms with Crippen LogP contribution in [0.1, 0.15) is 39.7 Å². The molecule has 190 valence electrons. The van der Waals surface area contributed by atoms with Gasteiger partial charge in [0.25, 0.3) is 0 Å². The van der Waals surface area contributed by atoms with Crippen molar-refractivity contribution in [1.29, 1.82) is 0 Å². The van der Waals surface area contributed by atoms with Crippen LogP contribution in [0.4, 0.5) is 33.6 Å². The fourth-order valence-corrected chi connectivity index (χ4v) is 4.47. The summed E-state index contributed by atoms with van der Waals surface area (Å²) in [5, 5.41) is 9.59. The Morgan fingerprint density at radius 3 is 2.25 bits per heavy atom. The number of nitrogens with one attached hydrogen (secondary N) is 2. The van der Waals surface area contributed by atoms with Gasteiger partial charge in [0, 0.05) is 13.0 Å². The van der Waals surface area contributed by atoms with E-state index in [1.165, 1.54) is 0 Å². The summed E-state index contributed by atoms with van der Waals surface area (Å²) in [4.78, 5) is 38.4. The molecule has 9 nitrogen and oxygen atoms in total. The topological polar surface area (TPSA) is 115 Å². The standard InChI is InChI=1S/C22H20F5N7O2/c1-19(2)17(35)31-13-11-14(32-18(36)21(11,19)4)30-15(29-13)12-10-7-9(23)8-28-16(10)34(33-12)6-5-20(3,24)22(25,26)27/h7-8H,5-6H2,1-4H3,(H2,29,30,31,32,35,36)/t20?,21-/m1/s1. The highest BCUT2D eigenvalue weighted by atomic mass is 19.4. The zero-order valence-corrected chi connectivity index (χ0v) is 19.5. The van der Waals surface area contributed by atoms with Gasteiger partial charge in [-0.15, -0.1) is 0 Å². The van der Waals surface area contributed by atoms with Crippen LogP contribution >= 0.6 is 0 Å². The number of fused-ring (bicyclic) bond motifs is 1. The molecule has 0 aliphatic carbocycles. The van der Waals surface area contributed by atoms with Crippen molar-refractivity contribution in [3.8, 4) is 11.5 Å². The van der Waals surface area contributed by atoms with E-state index in [1.54, 1.807) is 20.8 Å². The van der Waals surface area contributed by atoms with E-state index in [0.29, 0.717) is 12.5 Å². The van der Waals surface area contributed by atoms with Crippen molar-refractivity contribution in [2.45, 2.75) is 57.9 Å². The van der Waals surface area contributed by atoms with Crippen LogP contribution in [0.25, 0.3) is 22.6 Å². The van der Waals surface area contributed by atoms with Gasteiger partial charge in [-0.1, -0.05) is 0 Å². The molecule has 0 spiro atoms. The largest absolute Gasteiger partial charge is 0.422 e. The molecule has 14 heteroatoms. The number of anilines is 2. The number of amides is 2. The van der Waals surface area contributed by atoms with Crippen molar-refractivity contribution in [3.63, 3.8) is 0 Å². The van der Waals surface area contributed by atoms with E-state index in [9.17, 15) is 31.5 Å². The maximum Gasteiger partial charge on any atom is 0.422 e. The van der Waals surface area contributed by atoms with Crippen LogP contribution in [0, 0.1) is 11.2 Å². The van der Waals surface area contributed by atoms with Crippen LogP contribution in [0.5, 0.6) is 0 Å². The van der Waals surface area contributed by atoms with E-state index in [4.69, 9.17) is 0 Å². The maximum absolute atomic E-state index is 14.2. The first kappa shape index (κ1) is 24.0. The van der Waals surface area contributed by atoms with Crippen LogP contribution in [-0.4, -0.2) is 48.4 Å². The number of carbonyl (C=O) groups excluding carboxylic acids is 2. The monoisotopic (exact) mass is 509 g/mol. The first-order valence-electron chi connectivity index (χ1n) is 10.9. The lowest BCUT2D eigenvalue weighted by atomic mass is 9.61. The number of hydrogen-bond acceptors (Lipinski definition) is 6. The molecule has 2 aliphatic heterocycles. The molecule has 0 aromatic carbocycles. The second-order valence-electron chi connectivity index (χ2n) is 9.82. The van der Waals surface area contributed by atoms with Gasteiger partial charge >= 0.3 is 6.18 Å². The predicted octanol–water partition coefficient (Wildman–Crippen LogP) is 3.90. The van der Waals surface area contributed by atoms with Crippen molar-refractivity contribution < 1.29 is 31.5 Å². The maximum atomic E-state index is 14.2. The molecule has 0 bridgehead atoms. The number of aromatic nitrogens is 5. The number of nitrogens with zero attached hydrogens (tertiary/aromatic N) is 5. The molecule has 0 saturated carbocycles. The summed E-state index contributed by atoms with van der Waals surface area (Å²) in [6.07, 6.45) is -5.22. The molecule has 2 amide bonds. The minimum Gasteiger partial charge on any atom is -0.310 e. The first-order chi connectivity index (χ1) is 16.6. The van der Waals surface area contributed by atoms with Gasteiger partial charge in [-0.2, -0.15) is 18.3 Å². The number of aryl methyl sites for hydroxylation is 1. The summed E-state index contributed by atoms with van der Waals surface area (Å²) in [6.45, 7) is 4.75. The fourth-order valence-electron chi connectivity index (χ4n) is 4.47. The average molecular weight is 509 g/mol. The Labute approximate surface area is 200 Å². The third-order valence-corrected chi connectivity index (χ3v) is 7.29. The summed E-state index contributed by atoms with van der Waals surface area (Å²) >= 11 is 0. The van der Waals surface area contributed by atoms with Gasteiger partial charge in [0.15, 0.2) is 11.5 Å². The minimum atomic E-state index is -5.10. The smallest absolute Gasteiger partial charge is 0.310 e. The number of rotatable bonds is 4. The quantitative estimate of drug-likeness (QED) is 0.516. The number of alkyl halides is 4. The number of carbonyl (C=O) groups is 2. The lowest BCUT2D eigenvalue weighted by Gasteiger charge is -2.42. The van der Waals surface area contributed by atoms with Gasteiger partial charge in [-0.3, -0.25) is 9.59 Å². The molecule has 5 heterocycles. The highest BCUT2D eigenvalue weighted by Gasteiger charge is 2.61. The second kappa shape index (κ2) is 7.17. The molecule has 36 heavy (non-hydrogen) atoms. The van der Waals surface area contributed by atoms with E-state index in [0.717, 1.165) is 16.9 Å². The minimum absolute atomic E-state index is 0.0128. The molecule has 3 aromatic rings. The Kier molecular flexibility index (Phi) is 4.78. The molecule has 0 radical (unpaired) electrons. The molecule has 5 rings (SSSR count). The van der Waals surface area contributed by atoms with Crippen LogP contribution in [0.15, 0.2) is 12.3 Å². The van der Waals surface area contributed by atoms with Gasteiger partial charge in [0.2, 0.25) is 17.5 Å². The molecular weight excluding hydrogens is 489 g/mol. The number of halogens is 5. The summed E-state index contributed by atoms with van der Waals surface area (Å²) in [5.41, 5.74) is -5.58. The van der Waals surface area contributed by atoms with E-state index in [-0.39, 0.29) is 34.2 Å². The summed E-state index contributed by atoms with van der Waals surface area (Å²) in [5.74, 6) is -1.63. The van der Waals surface area contributed by atoms with Crippen LogP contribution in [0.2, 0.25) is 0 Å². The molecule has 0 fully saturated rings. The third kappa shape index (κ3) is 3.12. The van der Waals surface area contributed by atoms with E-state index in [2.05, 4.69) is 30.7 Å². The van der Waals surface area contributed by atoms with Crippen molar-refractivity contribution in [1.82, 2.24) is 24.7 Å². The number of hydrogen-bond donors (Lipinski definition) is 2. The zero-order valence-electron chi connectivity index (χ0n) is 19.5. The lowest BCUT2D eigenvalue weighted by Crippen LogP contribution is -2.54. The van der Waals surface area contributed by atoms with Gasteiger partial charge in [0.1, 0.15) is 23.1 Å². The summed E-state index contributed by atoms with van der Waals surface area (Å²) in [6, 6.07) is 1.05. The van der Waals surface area contributed by atoms with Crippen LogP contribution in [0.3, 0.4) is 0 Å². The van der Waals surface area contributed by atoms with Crippen molar-refractivity contribution in [2.75, 3.05) is 10.6 Å². The highest BCUT2D eigenvalue weighted by molar-refractivity contribution is 6.15. The van der Waals surface area contributed by atoms with Gasteiger partial charge in [-0.25, -0.2) is 28.4 Å². The Balaban J connectivity index is 1.65. The van der Waals surface area contributed by atoms with Crippen molar-refractivity contribution in [2.24, 2.45) is 5.41 Å². The third-order valence-electron chi connectivity index (χ3n) is 7.29. The van der Waals surface area contributed by atoms with Gasteiger partial charge in [0.05, 0.1) is 28.0 Å². The Hall–Kier alpha value is -3.71. The Bertz CT molecular complexity index is 1460. The van der Waals surface area contributed by atoms with Gasteiger partial charge in [-0.05, 0) is 33.8 Å². The second-order valence-corrected chi connectivity index (χ2v) is 9.82. The SMILES string of the molecule is CC(F)(CCn1nc(-c2nc3c4c(n2)NC(=O)[C@]4(C)C(C)(C)C(=O)N3)c2cc(F)cnc21)C(F)(F)F. The van der Waals surface area contributed by atoms with Crippen molar-refractivity contribution >= 4 is 34.5 Å². The van der Waals surface area contributed by atoms with E-state index < -0.39 is 53.3 Å². The molecular formula is C22H20F5N7O2. The Morgan fingerprint density at radius 1 is 1.03 bits per heavy atom. The normalized spacial score (nSPS) is 22.2. The molecule has 0 saturated heterocycles. The van der Waals surface area contributed by atoms with E-state index in [1.807, 2.05) is 0 Å². The molecule has 2 atom stereocenters. The molecule has 2 aliphatic rings. The fraction of sp³-hybridized carbons (Fsp3) is 0.455. The van der Waals surface area contributed by atoms with E-state index >= 15 is 0 Å². The Morgan fingerprint density at radius 2 is 1.64 bits per heavy atom.